The number of piperidine rings is 1. The van der Waals surface area contributed by atoms with Crippen molar-refractivity contribution >= 4 is 11.7 Å². The van der Waals surface area contributed by atoms with Gasteiger partial charge in [0.2, 0.25) is 5.91 Å². The summed E-state index contributed by atoms with van der Waals surface area (Å²) in [5.74, 6) is 1.08. The van der Waals surface area contributed by atoms with E-state index in [9.17, 15) is 4.79 Å². The first kappa shape index (κ1) is 16.7. The van der Waals surface area contributed by atoms with Gasteiger partial charge in [-0.1, -0.05) is 0 Å². The molecule has 6 heteroatoms. The van der Waals surface area contributed by atoms with Crippen molar-refractivity contribution in [2.75, 3.05) is 24.6 Å². The van der Waals surface area contributed by atoms with E-state index < -0.39 is 0 Å². The number of nitrogens with one attached hydrogen (secondary N) is 1. The van der Waals surface area contributed by atoms with E-state index in [1.165, 1.54) is 0 Å². The Morgan fingerprint density at radius 1 is 1.42 bits per heavy atom. The fourth-order valence-electron chi connectivity index (χ4n) is 3.44. The first-order valence-electron chi connectivity index (χ1n) is 8.70. The zero-order valence-electron chi connectivity index (χ0n) is 14.1. The second kappa shape index (κ2) is 7.63. The quantitative estimate of drug-likeness (QED) is 0.912. The molecule has 1 amide bonds. The van der Waals surface area contributed by atoms with Gasteiger partial charge >= 0.3 is 0 Å². The zero-order chi connectivity index (χ0) is 16.9. The molecule has 128 valence electrons. The zero-order valence-corrected chi connectivity index (χ0v) is 14.1. The van der Waals surface area contributed by atoms with Crippen molar-refractivity contribution in [3.63, 3.8) is 0 Å². The molecule has 24 heavy (non-hydrogen) atoms. The summed E-state index contributed by atoms with van der Waals surface area (Å²) in [5.41, 5.74) is 0.566. The maximum absolute atomic E-state index is 12.5. The van der Waals surface area contributed by atoms with Crippen molar-refractivity contribution in [3.8, 4) is 6.07 Å². The topological polar surface area (TPSA) is 78.3 Å². The maximum atomic E-state index is 12.5. The van der Waals surface area contributed by atoms with Crippen molar-refractivity contribution < 1.29 is 9.53 Å². The molecule has 2 atom stereocenters. The molecule has 0 spiro atoms. The van der Waals surface area contributed by atoms with E-state index in [4.69, 9.17) is 10.00 Å². The van der Waals surface area contributed by atoms with Crippen LogP contribution in [0.2, 0.25) is 0 Å². The molecule has 2 aliphatic heterocycles. The van der Waals surface area contributed by atoms with Crippen molar-refractivity contribution in [1.29, 1.82) is 5.26 Å². The van der Waals surface area contributed by atoms with Gasteiger partial charge in [0.25, 0.3) is 0 Å². The molecular weight excluding hydrogens is 304 g/mol. The summed E-state index contributed by atoms with van der Waals surface area (Å²) in [7, 11) is 0. The van der Waals surface area contributed by atoms with Gasteiger partial charge in [-0.25, -0.2) is 4.98 Å². The molecule has 3 rings (SSSR count). The van der Waals surface area contributed by atoms with E-state index >= 15 is 0 Å². The number of hydrogen-bond acceptors (Lipinski definition) is 5. The van der Waals surface area contributed by atoms with E-state index in [1.807, 2.05) is 13.0 Å². The van der Waals surface area contributed by atoms with Crippen LogP contribution >= 0.6 is 0 Å². The molecule has 2 unspecified atom stereocenters. The molecule has 2 saturated heterocycles. The summed E-state index contributed by atoms with van der Waals surface area (Å²) >= 11 is 0. The summed E-state index contributed by atoms with van der Waals surface area (Å²) in [6.45, 7) is 4.46. The average molecular weight is 328 g/mol. The number of amides is 1. The molecule has 2 aliphatic rings. The number of ether oxygens (including phenoxy) is 1. The summed E-state index contributed by atoms with van der Waals surface area (Å²) in [6, 6.07) is 5.81. The Morgan fingerprint density at radius 3 is 2.79 bits per heavy atom. The van der Waals surface area contributed by atoms with E-state index in [2.05, 4.69) is 21.3 Å². The summed E-state index contributed by atoms with van der Waals surface area (Å²) in [6.07, 6.45) is 5.52. The average Bonchev–Trinajstić information content (AvgIpc) is 3.17. The van der Waals surface area contributed by atoms with Crippen LogP contribution in [0.4, 0.5) is 5.82 Å². The van der Waals surface area contributed by atoms with Crippen LogP contribution in [0.25, 0.3) is 0 Å². The Balaban J connectivity index is 1.48. The molecule has 6 nitrogen and oxygen atoms in total. The maximum Gasteiger partial charge on any atom is 0.223 e. The van der Waals surface area contributed by atoms with Gasteiger partial charge in [0, 0.05) is 31.8 Å². The fourth-order valence-corrected chi connectivity index (χ4v) is 3.44. The van der Waals surface area contributed by atoms with Crippen LogP contribution < -0.4 is 10.2 Å². The molecule has 0 aliphatic carbocycles. The molecule has 2 fully saturated rings. The lowest BCUT2D eigenvalue weighted by molar-refractivity contribution is -0.127. The van der Waals surface area contributed by atoms with Gasteiger partial charge in [-0.3, -0.25) is 4.79 Å². The van der Waals surface area contributed by atoms with Crippen molar-refractivity contribution in [2.24, 2.45) is 5.92 Å². The van der Waals surface area contributed by atoms with Crippen LogP contribution in [0, 0.1) is 17.2 Å². The number of aromatic nitrogens is 1. The van der Waals surface area contributed by atoms with Crippen LogP contribution in [0.5, 0.6) is 0 Å². The second-order valence-corrected chi connectivity index (χ2v) is 6.63. The third-order valence-corrected chi connectivity index (χ3v) is 4.96. The van der Waals surface area contributed by atoms with Crippen molar-refractivity contribution in [2.45, 2.75) is 44.8 Å². The highest BCUT2D eigenvalue weighted by atomic mass is 16.5. The molecule has 3 heterocycles. The molecule has 0 aromatic carbocycles. The molecule has 1 aromatic heterocycles. The Bertz CT molecular complexity index is 596. The lowest BCUT2D eigenvalue weighted by Gasteiger charge is -2.33. The van der Waals surface area contributed by atoms with Gasteiger partial charge in [0.15, 0.2) is 0 Å². The fraction of sp³-hybridized carbons (Fsp3) is 0.611. The predicted octanol–water partition coefficient (Wildman–Crippen LogP) is 1.85. The largest absolute Gasteiger partial charge is 0.376 e. The van der Waals surface area contributed by atoms with Crippen LogP contribution in [0.15, 0.2) is 18.3 Å². The van der Waals surface area contributed by atoms with E-state index in [0.717, 1.165) is 51.2 Å². The number of hydrogen-bond donors (Lipinski definition) is 1. The number of carbonyl (C=O) groups excluding carboxylic acids is 1. The molecular formula is C18H24N4O2. The van der Waals surface area contributed by atoms with E-state index in [0.29, 0.717) is 5.56 Å². The highest BCUT2D eigenvalue weighted by Crippen LogP contribution is 2.23. The minimum Gasteiger partial charge on any atom is -0.376 e. The van der Waals surface area contributed by atoms with Crippen LogP contribution in [0.1, 0.15) is 38.2 Å². The van der Waals surface area contributed by atoms with Gasteiger partial charge in [0.05, 0.1) is 17.7 Å². The first-order chi connectivity index (χ1) is 11.7. The number of nitriles is 1. The number of anilines is 1. The highest BCUT2D eigenvalue weighted by molar-refractivity contribution is 5.79. The van der Waals surface area contributed by atoms with Crippen LogP contribution in [0.3, 0.4) is 0 Å². The lowest BCUT2D eigenvalue weighted by Crippen LogP contribution is -2.46. The monoisotopic (exact) mass is 328 g/mol. The number of nitrogens with zero attached hydrogens (tertiary/aromatic N) is 3. The predicted molar refractivity (Wildman–Crippen MR) is 90.5 cm³/mol. The Kier molecular flexibility index (Phi) is 5.31. The van der Waals surface area contributed by atoms with Gasteiger partial charge in [-0.2, -0.15) is 5.26 Å². The molecule has 0 radical (unpaired) electrons. The third-order valence-electron chi connectivity index (χ3n) is 4.96. The third kappa shape index (κ3) is 3.85. The van der Waals surface area contributed by atoms with Crippen LogP contribution in [-0.4, -0.2) is 42.7 Å². The summed E-state index contributed by atoms with van der Waals surface area (Å²) in [4.78, 5) is 19.0. The van der Waals surface area contributed by atoms with Crippen LogP contribution in [-0.2, 0) is 9.53 Å². The van der Waals surface area contributed by atoms with E-state index in [-0.39, 0.29) is 24.0 Å². The Labute approximate surface area is 142 Å². The van der Waals surface area contributed by atoms with E-state index in [1.54, 1.807) is 12.3 Å². The summed E-state index contributed by atoms with van der Waals surface area (Å²) < 4.78 is 5.64. The van der Waals surface area contributed by atoms with Gasteiger partial charge < -0.3 is 15.0 Å². The van der Waals surface area contributed by atoms with Crippen molar-refractivity contribution in [1.82, 2.24) is 10.3 Å². The molecule has 0 saturated carbocycles. The standard InChI is InChI=1S/C18H24N4O2/c1-13(16-3-2-10-24-16)21-18(23)15-6-8-22(9-7-15)17-5-4-14(11-19)12-20-17/h4-5,12-13,15-16H,2-3,6-10H2,1H3,(H,21,23). The second-order valence-electron chi connectivity index (χ2n) is 6.63. The Hall–Kier alpha value is -2.13. The lowest BCUT2D eigenvalue weighted by atomic mass is 9.95. The minimum atomic E-state index is 0.0588. The van der Waals surface area contributed by atoms with Crippen molar-refractivity contribution in [3.05, 3.63) is 23.9 Å². The number of rotatable bonds is 4. The smallest absolute Gasteiger partial charge is 0.223 e. The summed E-state index contributed by atoms with van der Waals surface area (Å²) in [5, 5.41) is 12.0. The van der Waals surface area contributed by atoms with Gasteiger partial charge in [0.1, 0.15) is 11.9 Å². The number of pyridine rings is 1. The highest BCUT2D eigenvalue weighted by Gasteiger charge is 2.29. The Morgan fingerprint density at radius 2 is 2.21 bits per heavy atom. The van der Waals surface area contributed by atoms with Gasteiger partial charge in [-0.15, -0.1) is 0 Å². The normalized spacial score (nSPS) is 22.8. The SMILES string of the molecule is CC(NC(=O)C1CCN(c2ccc(C#N)cn2)CC1)C1CCCO1. The molecule has 1 N–H and O–H groups in total. The molecule has 0 bridgehead atoms. The van der Waals surface area contributed by atoms with Gasteiger partial charge in [-0.05, 0) is 44.7 Å². The first-order valence-corrected chi connectivity index (χ1v) is 8.70. The number of carbonyl (C=O) groups is 1. The molecule has 1 aromatic rings. The minimum absolute atomic E-state index is 0.0588.